The van der Waals surface area contributed by atoms with Crippen LogP contribution in [0.4, 0.5) is 5.69 Å². The number of ether oxygens (including phenoxy) is 1. The van der Waals surface area contributed by atoms with Crippen molar-refractivity contribution in [1.29, 1.82) is 5.26 Å². The first-order chi connectivity index (χ1) is 17.0. The fraction of sp³-hybridized carbons (Fsp3) is 0.0769. The molecule has 0 radical (unpaired) electrons. The van der Waals surface area contributed by atoms with Crippen LogP contribution in [0.25, 0.3) is 10.1 Å². The van der Waals surface area contributed by atoms with Crippen molar-refractivity contribution >= 4 is 45.1 Å². The molecule has 8 nitrogen and oxygen atoms in total. The van der Waals surface area contributed by atoms with Gasteiger partial charge in [0.2, 0.25) is 5.91 Å². The minimum atomic E-state index is -0.540. The number of amides is 2. The van der Waals surface area contributed by atoms with Crippen LogP contribution in [-0.2, 0) is 11.2 Å². The summed E-state index contributed by atoms with van der Waals surface area (Å²) in [5, 5.41) is 26.5. The van der Waals surface area contributed by atoms with Crippen LogP contribution >= 0.6 is 11.3 Å². The lowest BCUT2D eigenvalue weighted by molar-refractivity contribution is -0.115. The highest BCUT2D eigenvalue weighted by atomic mass is 32.1. The first kappa shape index (κ1) is 23.5. The number of phenols is 1. The maximum absolute atomic E-state index is 12.5. The second kappa shape index (κ2) is 10.5. The van der Waals surface area contributed by atoms with E-state index in [1.165, 1.54) is 31.5 Å². The first-order valence-electron chi connectivity index (χ1n) is 10.5. The SMILES string of the molecule is COc1cc(NC(=O)Cc2cc3ccccc3s2)ccc1C=NNC(=O)c1ccc(O)c(C#N)c1. The Labute approximate surface area is 205 Å². The van der Waals surface area contributed by atoms with E-state index in [1.54, 1.807) is 29.5 Å². The number of hydrogen-bond donors (Lipinski definition) is 3. The second-order valence-electron chi connectivity index (χ2n) is 7.48. The molecule has 0 saturated heterocycles. The standard InChI is InChI=1S/C26H20N4O4S/c1-34-23-12-20(29-25(32)13-21-11-16-4-2-3-5-24(16)35-21)8-6-18(23)15-28-30-26(33)17-7-9-22(31)19(10-17)14-27/h2-12,15,31H,13H2,1H3,(H,29,32)(H,30,33). The number of nitriles is 1. The normalized spacial score (nSPS) is 10.7. The quantitative estimate of drug-likeness (QED) is 0.264. The van der Waals surface area contributed by atoms with Gasteiger partial charge in [0.1, 0.15) is 17.6 Å². The van der Waals surface area contributed by atoms with Gasteiger partial charge < -0.3 is 15.2 Å². The van der Waals surface area contributed by atoms with Gasteiger partial charge in [-0.25, -0.2) is 5.43 Å². The fourth-order valence-corrected chi connectivity index (χ4v) is 4.44. The van der Waals surface area contributed by atoms with Gasteiger partial charge in [-0.05, 0) is 47.9 Å². The number of nitrogens with one attached hydrogen (secondary N) is 2. The van der Waals surface area contributed by atoms with Crippen molar-refractivity contribution in [3.05, 3.63) is 88.3 Å². The molecule has 1 heterocycles. The van der Waals surface area contributed by atoms with Crippen molar-refractivity contribution in [3.8, 4) is 17.6 Å². The van der Waals surface area contributed by atoms with E-state index in [9.17, 15) is 14.7 Å². The molecule has 0 fully saturated rings. The molecule has 4 rings (SSSR count). The maximum atomic E-state index is 12.5. The largest absolute Gasteiger partial charge is 0.507 e. The van der Waals surface area contributed by atoms with Gasteiger partial charge in [0.25, 0.3) is 5.91 Å². The zero-order chi connectivity index (χ0) is 24.8. The predicted octanol–water partition coefficient (Wildman–Crippen LogP) is 4.43. The van der Waals surface area contributed by atoms with Crippen molar-refractivity contribution in [2.45, 2.75) is 6.42 Å². The summed E-state index contributed by atoms with van der Waals surface area (Å²) < 4.78 is 6.54. The lowest BCUT2D eigenvalue weighted by Gasteiger charge is -2.09. The van der Waals surface area contributed by atoms with Crippen LogP contribution in [-0.4, -0.2) is 30.2 Å². The third-order valence-electron chi connectivity index (χ3n) is 5.08. The summed E-state index contributed by atoms with van der Waals surface area (Å²) in [6.45, 7) is 0. The van der Waals surface area contributed by atoms with Gasteiger partial charge in [-0.3, -0.25) is 9.59 Å². The Bertz CT molecular complexity index is 1450. The van der Waals surface area contributed by atoms with Gasteiger partial charge in [0.15, 0.2) is 0 Å². The second-order valence-corrected chi connectivity index (χ2v) is 8.64. The van der Waals surface area contributed by atoms with Crippen molar-refractivity contribution < 1.29 is 19.4 Å². The van der Waals surface area contributed by atoms with Gasteiger partial charge >= 0.3 is 0 Å². The van der Waals surface area contributed by atoms with Crippen LogP contribution in [0.2, 0.25) is 0 Å². The Hall–Kier alpha value is -4.68. The van der Waals surface area contributed by atoms with Crippen molar-refractivity contribution in [3.63, 3.8) is 0 Å². The van der Waals surface area contributed by atoms with Gasteiger partial charge in [-0.1, -0.05) is 18.2 Å². The summed E-state index contributed by atoms with van der Waals surface area (Å²) in [6.07, 6.45) is 1.67. The van der Waals surface area contributed by atoms with Crippen LogP contribution in [0, 0.1) is 11.3 Å². The summed E-state index contributed by atoms with van der Waals surface area (Å²) >= 11 is 1.59. The highest BCUT2D eigenvalue weighted by Gasteiger charge is 2.11. The zero-order valence-corrected chi connectivity index (χ0v) is 19.4. The average molecular weight is 485 g/mol. The van der Waals surface area contributed by atoms with Gasteiger partial charge in [0, 0.05) is 32.5 Å². The van der Waals surface area contributed by atoms with E-state index >= 15 is 0 Å². The van der Waals surface area contributed by atoms with E-state index in [-0.39, 0.29) is 29.2 Å². The topological polar surface area (TPSA) is 124 Å². The van der Waals surface area contributed by atoms with Crippen LogP contribution < -0.4 is 15.5 Å². The molecule has 0 aliphatic rings. The Morgan fingerprint density at radius 3 is 2.74 bits per heavy atom. The minimum Gasteiger partial charge on any atom is -0.507 e. The van der Waals surface area contributed by atoms with Gasteiger partial charge in [-0.15, -0.1) is 11.3 Å². The van der Waals surface area contributed by atoms with Crippen LogP contribution in [0.3, 0.4) is 0 Å². The maximum Gasteiger partial charge on any atom is 0.271 e. The van der Waals surface area contributed by atoms with E-state index in [0.29, 0.717) is 17.0 Å². The number of phenolic OH excluding ortho intramolecular Hbond substituents is 1. The monoisotopic (exact) mass is 484 g/mol. The van der Waals surface area contributed by atoms with Crippen LogP contribution in [0.1, 0.15) is 26.4 Å². The van der Waals surface area contributed by atoms with Crippen LogP contribution in [0.5, 0.6) is 11.5 Å². The number of aromatic hydroxyl groups is 1. The third kappa shape index (κ3) is 5.63. The molecular formula is C26H20N4O4S. The molecule has 9 heteroatoms. The third-order valence-corrected chi connectivity index (χ3v) is 6.19. The fourth-order valence-electron chi connectivity index (χ4n) is 3.37. The molecule has 3 N–H and O–H groups in total. The number of thiophene rings is 1. The number of nitrogens with zero attached hydrogens (tertiary/aromatic N) is 2. The van der Waals surface area contributed by atoms with E-state index in [0.717, 1.165) is 15.0 Å². The molecule has 0 bridgehead atoms. The summed E-state index contributed by atoms with van der Waals surface area (Å²) in [4.78, 5) is 25.8. The summed E-state index contributed by atoms with van der Waals surface area (Å²) in [7, 11) is 1.49. The van der Waals surface area contributed by atoms with Gasteiger partial charge in [-0.2, -0.15) is 10.4 Å². The molecule has 0 unspecified atom stereocenters. The Morgan fingerprint density at radius 1 is 1.14 bits per heavy atom. The Morgan fingerprint density at radius 2 is 1.97 bits per heavy atom. The molecule has 0 aliphatic carbocycles. The predicted molar refractivity (Wildman–Crippen MR) is 135 cm³/mol. The first-order valence-corrected chi connectivity index (χ1v) is 11.3. The highest BCUT2D eigenvalue weighted by Crippen LogP contribution is 2.26. The number of benzene rings is 3. The highest BCUT2D eigenvalue weighted by molar-refractivity contribution is 7.19. The summed E-state index contributed by atoms with van der Waals surface area (Å²) in [6, 6.07) is 20.9. The van der Waals surface area contributed by atoms with Crippen molar-refractivity contribution in [2.24, 2.45) is 5.10 Å². The Balaban J connectivity index is 1.39. The number of hydrazone groups is 1. The molecule has 0 atom stereocenters. The number of carbonyl (C=O) groups excluding carboxylic acids is 2. The van der Waals surface area contributed by atoms with Crippen molar-refractivity contribution in [1.82, 2.24) is 5.43 Å². The molecule has 0 spiro atoms. The van der Waals surface area contributed by atoms with E-state index in [4.69, 9.17) is 10.00 Å². The molecule has 35 heavy (non-hydrogen) atoms. The number of anilines is 1. The molecule has 4 aromatic rings. The Kier molecular flexibility index (Phi) is 7.04. The van der Waals surface area contributed by atoms with Crippen LogP contribution in [0.15, 0.2) is 71.8 Å². The number of fused-ring (bicyclic) bond motifs is 1. The van der Waals surface area contributed by atoms with E-state index < -0.39 is 5.91 Å². The lowest BCUT2D eigenvalue weighted by atomic mass is 10.1. The zero-order valence-electron chi connectivity index (χ0n) is 18.6. The molecule has 2 amide bonds. The molecule has 174 valence electrons. The number of rotatable bonds is 7. The number of hydrogen-bond acceptors (Lipinski definition) is 7. The molecular weight excluding hydrogens is 464 g/mol. The summed E-state index contributed by atoms with van der Waals surface area (Å²) in [5.41, 5.74) is 3.70. The van der Waals surface area contributed by atoms with Gasteiger partial charge in [0.05, 0.1) is 25.3 Å². The minimum absolute atomic E-state index is 0.00621. The number of methoxy groups -OCH3 is 1. The summed E-state index contributed by atoms with van der Waals surface area (Å²) in [5.74, 6) is -0.424. The van der Waals surface area contributed by atoms with Crippen molar-refractivity contribution in [2.75, 3.05) is 12.4 Å². The smallest absolute Gasteiger partial charge is 0.271 e. The van der Waals surface area contributed by atoms with E-state index in [2.05, 4.69) is 15.8 Å². The molecule has 0 aliphatic heterocycles. The molecule has 1 aromatic heterocycles. The molecule has 3 aromatic carbocycles. The lowest BCUT2D eigenvalue weighted by Crippen LogP contribution is -2.17. The molecule has 0 saturated carbocycles. The average Bonchev–Trinajstić information content (AvgIpc) is 3.27. The van der Waals surface area contributed by atoms with E-state index in [1.807, 2.05) is 36.4 Å². The number of carbonyl (C=O) groups is 2.